The molecule has 0 aromatic carbocycles. The van der Waals surface area contributed by atoms with E-state index in [9.17, 15) is 0 Å². The van der Waals surface area contributed by atoms with E-state index in [0.29, 0.717) is 0 Å². The first kappa shape index (κ1) is 13.9. The molecule has 1 rings (SSSR count). The van der Waals surface area contributed by atoms with Gasteiger partial charge in [0.1, 0.15) is 0 Å². The van der Waals surface area contributed by atoms with E-state index >= 15 is 0 Å². The number of unbranched alkanes of at least 4 members (excludes halogenated alkanes) is 2. The first-order chi connectivity index (χ1) is 7.86. The van der Waals surface area contributed by atoms with Gasteiger partial charge in [-0.1, -0.05) is 6.92 Å². The smallest absolute Gasteiger partial charge is 0.0462 e. The molecule has 0 aromatic rings. The van der Waals surface area contributed by atoms with Crippen molar-refractivity contribution in [3.8, 4) is 0 Å². The summed E-state index contributed by atoms with van der Waals surface area (Å²) in [5.41, 5.74) is 0. The van der Waals surface area contributed by atoms with Gasteiger partial charge in [-0.15, -0.1) is 0 Å². The molecule has 1 heterocycles. The van der Waals surface area contributed by atoms with E-state index in [4.69, 9.17) is 4.74 Å². The summed E-state index contributed by atoms with van der Waals surface area (Å²) in [7, 11) is 1.78. The van der Waals surface area contributed by atoms with Gasteiger partial charge < -0.3 is 15.0 Å². The second-order valence-electron chi connectivity index (χ2n) is 4.79. The van der Waals surface area contributed by atoms with Crippen molar-refractivity contribution in [2.45, 2.75) is 45.1 Å². The zero-order chi connectivity index (χ0) is 11.6. The molecule has 1 aliphatic rings. The molecule has 0 saturated carbocycles. The van der Waals surface area contributed by atoms with Crippen LogP contribution >= 0.6 is 0 Å². The van der Waals surface area contributed by atoms with Crippen molar-refractivity contribution >= 4 is 0 Å². The molecular formula is C13H28N2O. The van der Waals surface area contributed by atoms with Crippen molar-refractivity contribution in [1.82, 2.24) is 10.2 Å². The number of nitrogens with zero attached hydrogens (tertiary/aromatic N) is 1. The number of ether oxygens (including phenoxy) is 1. The molecule has 3 heteroatoms. The number of likely N-dealkylation sites (tertiary alicyclic amines) is 1. The highest BCUT2D eigenvalue weighted by Gasteiger charge is 2.20. The number of rotatable bonds is 9. The zero-order valence-electron chi connectivity index (χ0n) is 11.0. The molecule has 1 N–H and O–H groups in total. The van der Waals surface area contributed by atoms with Crippen LogP contribution in [0.25, 0.3) is 0 Å². The number of methoxy groups -OCH3 is 1. The zero-order valence-corrected chi connectivity index (χ0v) is 11.0. The van der Waals surface area contributed by atoms with E-state index in [2.05, 4.69) is 17.1 Å². The quantitative estimate of drug-likeness (QED) is 0.610. The van der Waals surface area contributed by atoms with Crippen molar-refractivity contribution in [3.63, 3.8) is 0 Å². The molecule has 0 radical (unpaired) electrons. The highest BCUT2D eigenvalue weighted by atomic mass is 16.5. The van der Waals surface area contributed by atoms with Crippen LogP contribution in [0.1, 0.15) is 39.0 Å². The molecule has 1 atom stereocenters. The van der Waals surface area contributed by atoms with Gasteiger partial charge in [0.25, 0.3) is 0 Å². The van der Waals surface area contributed by atoms with Crippen LogP contribution in [0.15, 0.2) is 0 Å². The summed E-state index contributed by atoms with van der Waals surface area (Å²) in [5, 5.41) is 3.61. The predicted molar refractivity (Wildman–Crippen MR) is 68.9 cm³/mol. The van der Waals surface area contributed by atoms with Crippen LogP contribution in [-0.4, -0.2) is 50.8 Å². The van der Waals surface area contributed by atoms with E-state index in [0.717, 1.165) is 12.6 Å². The van der Waals surface area contributed by atoms with E-state index in [-0.39, 0.29) is 0 Å². The second-order valence-corrected chi connectivity index (χ2v) is 4.79. The van der Waals surface area contributed by atoms with Crippen LogP contribution in [0, 0.1) is 0 Å². The molecule has 0 spiro atoms. The standard InChI is InChI=1S/C13H28N2O/c1-3-8-14-13-7-10-15(12-13)9-5-4-6-11-16-2/h13-14H,3-12H2,1-2H3. The molecule has 1 saturated heterocycles. The second kappa shape index (κ2) is 8.97. The van der Waals surface area contributed by atoms with Gasteiger partial charge in [0.05, 0.1) is 0 Å². The Morgan fingerprint density at radius 1 is 1.31 bits per heavy atom. The maximum absolute atomic E-state index is 5.05. The molecule has 0 aliphatic carbocycles. The lowest BCUT2D eigenvalue weighted by Gasteiger charge is -2.16. The topological polar surface area (TPSA) is 24.5 Å². The lowest BCUT2D eigenvalue weighted by Crippen LogP contribution is -2.33. The maximum atomic E-state index is 5.05. The molecular weight excluding hydrogens is 200 g/mol. The summed E-state index contributed by atoms with van der Waals surface area (Å²) in [5.74, 6) is 0. The number of hydrogen-bond acceptors (Lipinski definition) is 3. The van der Waals surface area contributed by atoms with Crippen LogP contribution in [0.5, 0.6) is 0 Å². The van der Waals surface area contributed by atoms with E-state index in [1.165, 1.54) is 58.3 Å². The Morgan fingerprint density at radius 2 is 2.19 bits per heavy atom. The summed E-state index contributed by atoms with van der Waals surface area (Å²) >= 11 is 0. The number of nitrogens with one attached hydrogen (secondary N) is 1. The maximum Gasteiger partial charge on any atom is 0.0462 e. The lowest BCUT2D eigenvalue weighted by atomic mass is 10.2. The van der Waals surface area contributed by atoms with E-state index in [1.54, 1.807) is 7.11 Å². The molecule has 0 amide bonds. The fraction of sp³-hybridized carbons (Fsp3) is 1.00. The van der Waals surface area contributed by atoms with Crippen LogP contribution in [0.3, 0.4) is 0 Å². The van der Waals surface area contributed by atoms with Crippen LogP contribution in [-0.2, 0) is 4.74 Å². The largest absolute Gasteiger partial charge is 0.385 e. The van der Waals surface area contributed by atoms with Gasteiger partial charge in [-0.3, -0.25) is 0 Å². The Kier molecular flexibility index (Phi) is 7.81. The molecule has 3 nitrogen and oxygen atoms in total. The third kappa shape index (κ3) is 5.83. The van der Waals surface area contributed by atoms with Crippen molar-refractivity contribution in [1.29, 1.82) is 0 Å². The summed E-state index contributed by atoms with van der Waals surface area (Å²) < 4.78 is 5.05. The first-order valence-corrected chi connectivity index (χ1v) is 6.81. The van der Waals surface area contributed by atoms with E-state index in [1.807, 2.05) is 0 Å². The molecule has 96 valence electrons. The summed E-state index contributed by atoms with van der Waals surface area (Å²) in [6.07, 6.45) is 6.41. The highest BCUT2D eigenvalue weighted by Crippen LogP contribution is 2.10. The normalized spacial score (nSPS) is 21.8. The predicted octanol–water partition coefficient (Wildman–Crippen LogP) is 1.88. The minimum atomic E-state index is 0.749. The average molecular weight is 228 g/mol. The van der Waals surface area contributed by atoms with Gasteiger partial charge in [-0.05, 0) is 51.7 Å². The van der Waals surface area contributed by atoms with Crippen molar-refractivity contribution < 1.29 is 4.74 Å². The van der Waals surface area contributed by atoms with Gasteiger partial charge in [-0.25, -0.2) is 0 Å². The lowest BCUT2D eigenvalue weighted by molar-refractivity contribution is 0.190. The summed E-state index contributed by atoms with van der Waals surface area (Å²) in [4.78, 5) is 2.60. The summed E-state index contributed by atoms with van der Waals surface area (Å²) in [6.45, 7) is 8.13. The number of hydrogen-bond donors (Lipinski definition) is 1. The SMILES string of the molecule is CCCNC1CCN(CCCCCOC)C1. The Morgan fingerprint density at radius 3 is 2.94 bits per heavy atom. The van der Waals surface area contributed by atoms with E-state index < -0.39 is 0 Å². The first-order valence-electron chi connectivity index (χ1n) is 6.81. The summed E-state index contributed by atoms with van der Waals surface area (Å²) in [6, 6.07) is 0.749. The Balaban J connectivity index is 1.94. The van der Waals surface area contributed by atoms with Gasteiger partial charge in [0.15, 0.2) is 0 Å². The van der Waals surface area contributed by atoms with Crippen molar-refractivity contribution in [2.24, 2.45) is 0 Å². The van der Waals surface area contributed by atoms with Gasteiger partial charge in [0.2, 0.25) is 0 Å². The third-order valence-corrected chi connectivity index (χ3v) is 3.28. The average Bonchev–Trinajstić information content (AvgIpc) is 2.74. The highest BCUT2D eigenvalue weighted by molar-refractivity contribution is 4.80. The fourth-order valence-electron chi connectivity index (χ4n) is 2.31. The fourth-order valence-corrected chi connectivity index (χ4v) is 2.31. The van der Waals surface area contributed by atoms with Gasteiger partial charge in [-0.2, -0.15) is 0 Å². The van der Waals surface area contributed by atoms with Crippen LogP contribution < -0.4 is 5.32 Å². The molecule has 0 aromatic heterocycles. The molecule has 1 unspecified atom stereocenters. The van der Waals surface area contributed by atoms with Crippen molar-refractivity contribution in [3.05, 3.63) is 0 Å². The van der Waals surface area contributed by atoms with Gasteiger partial charge in [0, 0.05) is 26.3 Å². The minimum Gasteiger partial charge on any atom is -0.385 e. The molecule has 16 heavy (non-hydrogen) atoms. The third-order valence-electron chi connectivity index (χ3n) is 3.28. The Bertz CT molecular complexity index is 164. The molecule has 0 bridgehead atoms. The minimum absolute atomic E-state index is 0.749. The Labute approximate surface area is 101 Å². The molecule has 1 aliphatic heterocycles. The monoisotopic (exact) mass is 228 g/mol. The van der Waals surface area contributed by atoms with Crippen LogP contribution in [0.2, 0.25) is 0 Å². The van der Waals surface area contributed by atoms with Crippen LogP contribution in [0.4, 0.5) is 0 Å². The van der Waals surface area contributed by atoms with Crippen molar-refractivity contribution in [2.75, 3.05) is 39.9 Å². The molecule has 1 fully saturated rings. The Hall–Kier alpha value is -0.120. The van der Waals surface area contributed by atoms with Gasteiger partial charge >= 0.3 is 0 Å².